The van der Waals surface area contributed by atoms with Crippen LogP contribution in [0.4, 0.5) is 5.82 Å². The minimum Gasteiger partial charge on any atom is -0.383 e. The maximum atomic E-state index is 12.8. The van der Waals surface area contributed by atoms with Crippen molar-refractivity contribution in [2.45, 2.75) is 37.3 Å². The van der Waals surface area contributed by atoms with Crippen LogP contribution >= 0.6 is 23.5 Å². The van der Waals surface area contributed by atoms with Gasteiger partial charge in [-0.25, -0.2) is 4.98 Å². The van der Waals surface area contributed by atoms with Crippen molar-refractivity contribution in [3.63, 3.8) is 0 Å². The number of hydrogen-bond donors (Lipinski definition) is 1. The molecule has 1 amide bonds. The van der Waals surface area contributed by atoms with Crippen LogP contribution in [0.1, 0.15) is 37.0 Å². The molecule has 1 aromatic rings. The number of hydrogen-bond acceptors (Lipinski definition) is 5. The maximum Gasteiger partial charge on any atom is 0.257 e. The molecular weight excluding hydrogens is 302 g/mol. The Labute approximate surface area is 135 Å². The van der Waals surface area contributed by atoms with Crippen LogP contribution in [0.15, 0.2) is 18.3 Å². The second-order valence-corrected chi connectivity index (χ2v) is 8.06. The van der Waals surface area contributed by atoms with E-state index in [2.05, 4.69) is 18.8 Å². The molecule has 0 saturated carbocycles. The van der Waals surface area contributed by atoms with E-state index in [9.17, 15) is 4.79 Å². The van der Waals surface area contributed by atoms with E-state index in [1.807, 2.05) is 28.4 Å². The third kappa shape index (κ3) is 3.86. The van der Waals surface area contributed by atoms with Crippen LogP contribution in [-0.4, -0.2) is 44.5 Å². The van der Waals surface area contributed by atoms with Gasteiger partial charge < -0.3 is 10.6 Å². The van der Waals surface area contributed by atoms with Gasteiger partial charge >= 0.3 is 0 Å². The summed E-state index contributed by atoms with van der Waals surface area (Å²) in [6, 6.07) is 3.84. The SMILES string of the molecule is CCSC(SCC)[C@@H]1CCCN1C(=O)c1cccnc1N. The quantitative estimate of drug-likeness (QED) is 0.814. The van der Waals surface area contributed by atoms with Crippen LogP contribution in [0.5, 0.6) is 0 Å². The highest BCUT2D eigenvalue weighted by Crippen LogP contribution is 2.35. The minimum atomic E-state index is 0.0292. The van der Waals surface area contributed by atoms with Crippen molar-refractivity contribution in [3.05, 3.63) is 23.9 Å². The van der Waals surface area contributed by atoms with Crippen LogP contribution in [0, 0.1) is 0 Å². The summed E-state index contributed by atoms with van der Waals surface area (Å²) in [5.74, 6) is 2.51. The average molecular weight is 326 g/mol. The predicted octanol–water partition coefficient (Wildman–Crippen LogP) is 3.10. The Bertz CT molecular complexity index is 478. The van der Waals surface area contributed by atoms with E-state index in [0.29, 0.717) is 22.0 Å². The van der Waals surface area contributed by atoms with Gasteiger partial charge in [-0.05, 0) is 36.5 Å². The van der Waals surface area contributed by atoms with Gasteiger partial charge in [0.05, 0.1) is 16.2 Å². The molecule has 1 atom stereocenters. The van der Waals surface area contributed by atoms with Gasteiger partial charge in [-0.3, -0.25) is 4.79 Å². The summed E-state index contributed by atoms with van der Waals surface area (Å²) in [7, 11) is 0. The first kappa shape index (κ1) is 16.5. The standard InChI is InChI=1S/C15H23N3OS2/c1-3-20-15(21-4-2)12-8-6-10-18(12)14(19)11-7-5-9-17-13(11)16/h5,7,9,12,15H,3-4,6,8,10H2,1-2H3,(H2,16,17)/t12-/m0/s1. The fourth-order valence-corrected chi connectivity index (χ4v) is 5.55. The van der Waals surface area contributed by atoms with E-state index < -0.39 is 0 Å². The van der Waals surface area contributed by atoms with E-state index in [1.165, 1.54) is 0 Å². The Morgan fingerprint density at radius 3 is 2.81 bits per heavy atom. The maximum absolute atomic E-state index is 12.8. The molecule has 0 unspecified atom stereocenters. The third-order valence-electron chi connectivity index (χ3n) is 3.61. The van der Waals surface area contributed by atoms with Gasteiger partial charge in [0, 0.05) is 12.7 Å². The lowest BCUT2D eigenvalue weighted by Crippen LogP contribution is -2.41. The number of thioether (sulfide) groups is 2. The second kappa shape index (κ2) is 7.94. The summed E-state index contributed by atoms with van der Waals surface area (Å²) in [6.45, 7) is 5.17. The van der Waals surface area contributed by atoms with E-state index in [-0.39, 0.29) is 5.91 Å². The molecule has 2 heterocycles. The summed E-state index contributed by atoms with van der Waals surface area (Å²) in [4.78, 5) is 18.8. The second-order valence-electron chi connectivity index (χ2n) is 4.92. The molecule has 2 N–H and O–H groups in total. The van der Waals surface area contributed by atoms with Crippen LogP contribution in [0.2, 0.25) is 0 Å². The first-order valence-electron chi connectivity index (χ1n) is 7.43. The molecule has 0 spiro atoms. The number of pyridine rings is 1. The van der Waals surface area contributed by atoms with Gasteiger partial charge in [0.2, 0.25) is 0 Å². The molecule has 1 aromatic heterocycles. The van der Waals surface area contributed by atoms with Gasteiger partial charge in [-0.2, -0.15) is 0 Å². The van der Waals surface area contributed by atoms with E-state index >= 15 is 0 Å². The number of nitrogen functional groups attached to an aromatic ring is 1. The van der Waals surface area contributed by atoms with Crippen molar-refractivity contribution in [1.29, 1.82) is 0 Å². The number of nitrogens with zero attached hydrogens (tertiary/aromatic N) is 2. The van der Waals surface area contributed by atoms with E-state index in [1.54, 1.807) is 18.3 Å². The fourth-order valence-electron chi connectivity index (χ4n) is 2.68. The lowest BCUT2D eigenvalue weighted by Gasteiger charge is -2.31. The number of likely N-dealkylation sites (tertiary alicyclic amines) is 1. The molecule has 4 nitrogen and oxygen atoms in total. The molecular formula is C15H23N3OS2. The van der Waals surface area contributed by atoms with E-state index in [0.717, 1.165) is 30.9 Å². The molecule has 21 heavy (non-hydrogen) atoms. The van der Waals surface area contributed by atoms with Crippen molar-refractivity contribution in [2.24, 2.45) is 0 Å². The Balaban J connectivity index is 2.17. The zero-order valence-electron chi connectivity index (χ0n) is 12.6. The van der Waals surface area contributed by atoms with Crippen LogP contribution < -0.4 is 5.73 Å². The Morgan fingerprint density at radius 1 is 1.48 bits per heavy atom. The number of rotatable bonds is 6. The summed E-state index contributed by atoms with van der Waals surface area (Å²) in [5, 5.41) is 0. The predicted molar refractivity (Wildman–Crippen MR) is 92.8 cm³/mol. The Kier molecular flexibility index (Phi) is 6.23. The van der Waals surface area contributed by atoms with Crippen molar-refractivity contribution < 1.29 is 4.79 Å². The number of anilines is 1. The lowest BCUT2D eigenvalue weighted by molar-refractivity contribution is 0.0746. The van der Waals surface area contributed by atoms with Gasteiger partial charge in [-0.1, -0.05) is 13.8 Å². The van der Waals surface area contributed by atoms with Gasteiger partial charge in [0.15, 0.2) is 0 Å². The monoisotopic (exact) mass is 325 g/mol. The zero-order valence-corrected chi connectivity index (χ0v) is 14.3. The molecule has 0 bridgehead atoms. The molecule has 1 fully saturated rings. The van der Waals surface area contributed by atoms with Crippen molar-refractivity contribution >= 4 is 35.2 Å². The normalized spacial score (nSPS) is 18.4. The largest absolute Gasteiger partial charge is 0.383 e. The molecule has 1 aliphatic heterocycles. The average Bonchev–Trinajstić information content (AvgIpc) is 2.96. The molecule has 0 aromatic carbocycles. The van der Waals surface area contributed by atoms with Crippen molar-refractivity contribution in [2.75, 3.05) is 23.8 Å². The van der Waals surface area contributed by atoms with Crippen molar-refractivity contribution in [3.8, 4) is 0 Å². The minimum absolute atomic E-state index is 0.0292. The highest BCUT2D eigenvalue weighted by Gasteiger charge is 2.35. The Morgan fingerprint density at radius 2 is 2.19 bits per heavy atom. The number of carbonyl (C=O) groups is 1. The van der Waals surface area contributed by atoms with E-state index in [4.69, 9.17) is 5.73 Å². The number of nitrogens with two attached hydrogens (primary N) is 1. The third-order valence-corrected chi connectivity index (χ3v) is 6.37. The molecule has 116 valence electrons. The van der Waals surface area contributed by atoms with Crippen molar-refractivity contribution in [1.82, 2.24) is 9.88 Å². The molecule has 0 aliphatic carbocycles. The molecule has 6 heteroatoms. The zero-order chi connectivity index (χ0) is 15.2. The molecule has 2 rings (SSSR count). The highest BCUT2D eigenvalue weighted by atomic mass is 32.2. The smallest absolute Gasteiger partial charge is 0.257 e. The molecule has 1 saturated heterocycles. The first-order valence-corrected chi connectivity index (χ1v) is 9.53. The number of amides is 1. The summed E-state index contributed by atoms with van der Waals surface area (Å²) < 4.78 is 0.448. The fraction of sp³-hybridized carbons (Fsp3) is 0.600. The topological polar surface area (TPSA) is 59.2 Å². The number of carbonyl (C=O) groups excluding carboxylic acids is 1. The first-order chi connectivity index (χ1) is 10.2. The van der Waals surface area contributed by atoms with Gasteiger partial charge in [-0.15, -0.1) is 23.5 Å². The Hall–Kier alpha value is -0.880. The van der Waals surface area contributed by atoms with Crippen LogP contribution in [0.25, 0.3) is 0 Å². The van der Waals surface area contributed by atoms with Gasteiger partial charge in [0.1, 0.15) is 5.82 Å². The van der Waals surface area contributed by atoms with Gasteiger partial charge in [0.25, 0.3) is 5.91 Å². The van der Waals surface area contributed by atoms with Crippen LogP contribution in [-0.2, 0) is 0 Å². The lowest BCUT2D eigenvalue weighted by atomic mass is 10.2. The summed E-state index contributed by atoms with van der Waals surface area (Å²) >= 11 is 3.88. The molecule has 1 aliphatic rings. The molecule has 0 radical (unpaired) electrons. The van der Waals surface area contributed by atoms with Crippen LogP contribution in [0.3, 0.4) is 0 Å². The highest BCUT2D eigenvalue weighted by molar-refractivity contribution is 8.17. The summed E-state index contributed by atoms with van der Waals surface area (Å²) in [5.41, 5.74) is 6.39. The summed E-state index contributed by atoms with van der Waals surface area (Å²) in [6.07, 6.45) is 3.77. The number of aromatic nitrogens is 1.